The number of fused-ring (bicyclic) bond motifs is 1. The van der Waals surface area contributed by atoms with Gasteiger partial charge in [-0.15, -0.1) is 0 Å². The molecule has 3 heteroatoms. The van der Waals surface area contributed by atoms with E-state index in [-0.39, 0.29) is 6.04 Å². The zero-order chi connectivity index (χ0) is 10.8. The van der Waals surface area contributed by atoms with Gasteiger partial charge in [0.05, 0.1) is 17.4 Å². The summed E-state index contributed by atoms with van der Waals surface area (Å²) in [6.07, 6.45) is 3.91. The van der Waals surface area contributed by atoms with Crippen molar-refractivity contribution in [2.45, 2.75) is 25.8 Å². The molecule has 0 unspecified atom stereocenters. The smallest absolute Gasteiger partial charge is 0.0955 e. The lowest BCUT2D eigenvalue weighted by atomic mass is 10.1. The lowest BCUT2D eigenvalue weighted by molar-refractivity contribution is 0.666. The van der Waals surface area contributed by atoms with Gasteiger partial charge in [-0.25, -0.2) is 4.98 Å². The van der Waals surface area contributed by atoms with E-state index in [1.165, 1.54) is 11.1 Å². The summed E-state index contributed by atoms with van der Waals surface area (Å²) in [7, 11) is 2.01. The van der Waals surface area contributed by atoms with E-state index in [2.05, 4.69) is 23.2 Å². The molecule has 0 radical (unpaired) electrons. The van der Waals surface area contributed by atoms with Crippen molar-refractivity contribution >= 4 is 11.0 Å². The number of nitrogens with two attached hydrogens (primary N) is 1. The Kier molecular flexibility index (Phi) is 2.73. The number of hydrogen-bond donors (Lipinski definition) is 1. The van der Waals surface area contributed by atoms with Crippen LogP contribution in [0, 0.1) is 0 Å². The Balaban J connectivity index is 2.23. The Morgan fingerprint density at radius 3 is 3.00 bits per heavy atom. The van der Waals surface area contributed by atoms with Crippen LogP contribution in [-0.4, -0.2) is 15.6 Å². The summed E-state index contributed by atoms with van der Waals surface area (Å²) in [5.41, 5.74) is 9.30. The zero-order valence-electron chi connectivity index (χ0n) is 9.27. The molecule has 0 bridgehead atoms. The van der Waals surface area contributed by atoms with Crippen LogP contribution in [0.5, 0.6) is 0 Å². The highest BCUT2D eigenvalue weighted by atomic mass is 15.0. The van der Waals surface area contributed by atoms with Crippen molar-refractivity contribution in [1.82, 2.24) is 9.55 Å². The van der Waals surface area contributed by atoms with Gasteiger partial charge in [-0.05, 0) is 37.5 Å². The van der Waals surface area contributed by atoms with Crippen LogP contribution < -0.4 is 5.73 Å². The molecule has 80 valence electrons. The first-order valence-electron chi connectivity index (χ1n) is 5.32. The van der Waals surface area contributed by atoms with Gasteiger partial charge in [0.25, 0.3) is 0 Å². The number of aromatic nitrogens is 2. The topological polar surface area (TPSA) is 43.8 Å². The molecule has 1 aromatic heterocycles. The van der Waals surface area contributed by atoms with Crippen LogP contribution in [0.1, 0.15) is 18.9 Å². The molecule has 1 aromatic carbocycles. The molecule has 0 spiro atoms. The molecule has 0 saturated carbocycles. The molecule has 0 aliphatic heterocycles. The van der Waals surface area contributed by atoms with Crippen molar-refractivity contribution in [3.8, 4) is 0 Å². The SMILES string of the molecule is C[C@H](N)CCc1ccc2c(c1)ncn2C. The van der Waals surface area contributed by atoms with E-state index in [1.807, 2.05) is 24.9 Å². The molecule has 2 rings (SSSR count). The average molecular weight is 203 g/mol. The molecule has 1 heterocycles. The summed E-state index contributed by atoms with van der Waals surface area (Å²) in [5.74, 6) is 0. The van der Waals surface area contributed by atoms with Crippen LogP contribution in [0.4, 0.5) is 0 Å². The van der Waals surface area contributed by atoms with E-state index in [4.69, 9.17) is 5.73 Å². The minimum Gasteiger partial charge on any atom is -0.334 e. The van der Waals surface area contributed by atoms with E-state index in [1.54, 1.807) is 0 Å². The Morgan fingerprint density at radius 2 is 2.27 bits per heavy atom. The maximum absolute atomic E-state index is 5.74. The molecule has 0 amide bonds. The lowest BCUT2D eigenvalue weighted by Crippen LogP contribution is -2.15. The summed E-state index contributed by atoms with van der Waals surface area (Å²) >= 11 is 0. The van der Waals surface area contributed by atoms with E-state index >= 15 is 0 Å². The maximum Gasteiger partial charge on any atom is 0.0955 e. The predicted molar refractivity (Wildman–Crippen MR) is 62.7 cm³/mol. The van der Waals surface area contributed by atoms with Gasteiger partial charge in [0, 0.05) is 13.1 Å². The number of benzene rings is 1. The lowest BCUT2D eigenvalue weighted by Gasteiger charge is -2.04. The van der Waals surface area contributed by atoms with Crippen LogP contribution >= 0.6 is 0 Å². The molecule has 1 atom stereocenters. The molecule has 0 aliphatic rings. The van der Waals surface area contributed by atoms with Crippen LogP contribution in [-0.2, 0) is 13.5 Å². The fourth-order valence-corrected chi connectivity index (χ4v) is 1.73. The standard InChI is InChI=1S/C12H17N3/c1-9(13)3-4-10-5-6-12-11(7-10)14-8-15(12)2/h5-9H,3-4,13H2,1-2H3/t9-/m0/s1. The highest BCUT2D eigenvalue weighted by molar-refractivity contribution is 5.75. The predicted octanol–water partition coefficient (Wildman–Crippen LogP) is 1.85. The van der Waals surface area contributed by atoms with E-state index < -0.39 is 0 Å². The Hall–Kier alpha value is -1.35. The van der Waals surface area contributed by atoms with E-state index in [0.29, 0.717) is 0 Å². The summed E-state index contributed by atoms with van der Waals surface area (Å²) in [6.45, 7) is 2.04. The number of nitrogens with zero attached hydrogens (tertiary/aromatic N) is 2. The number of imidazole rings is 1. The van der Waals surface area contributed by atoms with Gasteiger partial charge in [0.15, 0.2) is 0 Å². The highest BCUT2D eigenvalue weighted by Crippen LogP contribution is 2.15. The summed E-state index contributed by atoms with van der Waals surface area (Å²) in [4.78, 5) is 4.34. The summed E-state index contributed by atoms with van der Waals surface area (Å²) < 4.78 is 2.03. The normalized spacial score (nSPS) is 13.3. The van der Waals surface area contributed by atoms with E-state index in [9.17, 15) is 0 Å². The maximum atomic E-state index is 5.74. The van der Waals surface area contributed by atoms with Crippen molar-refractivity contribution in [2.75, 3.05) is 0 Å². The van der Waals surface area contributed by atoms with Crippen LogP contribution in [0.25, 0.3) is 11.0 Å². The van der Waals surface area contributed by atoms with Crippen molar-refractivity contribution in [2.24, 2.45) is 12.8 Å². The quantitative estimate of drug-likeness (QED) is 0.827. The minimum absolute atomic E-state index is 0.268. The summed E-state index contributed by atoms with van der Waals surface area (Å²) in [6, 6.07) is 6.70. The third-order valence-corrected chi connectivity index (χ3v) is 2.68. The molecule has 0 saturated heterocycles. The first kappa shape index (κ1) is 10.2. The van der Waals surface area contributed by atoms with Gasteiger partial charge in [-0.1, -0.05) is 6.07 Å². The second-order valence-corrected chi connectivity index (χ2v) is 4.19. The Labute approximate surface area is 89.9 Å². The number of hydrogen-bond acceptors (Lipinski definition) is 2. The minimum atomic E-state index is 0.268. The second kappa shape index (κ2) is 4.03. The van der Waals surface area contributed by atoms with Gasteiger partial charge in [0.1, 0.15) is 0 Å². The van der Waals surface area contributed by atoms with Crippen LogP contribution in [0.15, 0.2) is 24.5 Å². The van der Waals surface area contributed by atoms with Crippen molar-refractivity contribution < 1.29 is 0 Å². The molecule has 0 fully saturated rings. The first-order valence-corrected chi connectivity index (χ1v) is 5.32. The van der Waals surface area contributed by atoms with Gasteiger partial charge >= 0.3 is 0 Å². The molecule has 3 nitrogen and oxygen atoms in total. The fourth-order valence-electron chi connectivity index (χ4n) is 1.73. The molecule has 15 heavy (non-hydrogen) atoms. The van der Waals surface area contributed by atoms with Crippen LogP contribution in [0.2, 0.25) is 0 Å². The van der Waals surface area contributed by atoms with Gasteiger partial charge in [-0.2, -0.15) is 0 Å². The summed E-state index contributed by atoms with van der Waals surface area (Å²) in [5, 5.41) is 0. The van der Waals surface area contributed by atoms with Crippen molar-refractivity contribution in [1.29, 1.82) is 0 Å². The highest BCUT2D eigenvalue weighted by Gasteiger charge is 2.02. The molecular formula is C12H17N3. The molecule has 0 aliphatic carbocycles. The van der Waals surface area contributed by atoms with Gasteiger partial charge in [-0.3, -0.25) is 0 Å². The third kappa shape index (κ3) is 2.18. The van der Waals surface area contributed by atoms with Crippen molar-refractivity contribution in [3.63, 3.8) is 0 Å². The largest absolute Gasteiger partial charge is 0.334 e. The second-order valence-electron chi connectivity index (χ2n) is 4.19. The molecular weight excluding hydrogens is 186 g/mol. The monoisotopic (exact) mass is 203 g/mol. The molecule has 2 N–H and O–H groups in total. The van der Waals surface area contributed by atoms with Crippen LogP contribution in [0.3, 0.4) is 0 Å². The van der Waals surface area contributed by atoms with E-state index in [0.717, 1.165) is 18.4 Å². The molecule has 2 aromatic rings. The Morgan fingerprint density at radius 1 is 1.47 bits per heavy atom. The number of rotatable bonds is 3. The zero-order valence-corrected chi connectivity index (χ0v) is 9.27. The first-order chi connectivity index (χ1) is 7.16. The fraction of sp³-hybridized carbons (Fsp3) is 0.417. The third-order valence-electron chi connectivity index (χ3n) is 2.68. The average Bonchev–Trinajstić information content (AvgIpc) is 2.57. The van der Waals surface area contributed by atoms with Gasteiger partial charge in [0.2, 0.25) is 0 Å². The van der Waals surface area contributed by atoms with Crippen molar-refractivity contribution in [3.05, 3.63) is 30.1 Å². The number of aryl methyl sites for hydroxylation is 2. The van der Waals surface area contributed by atoms with Gasteiger partial charge < -0.3 is 10.3 Å². The Bertz CT molecular complexity index is 457.